The Morgan fingerprint density at radius 1 is 1.34 bits per heavy atom. The number of carboxylic acids is 1. The van der Waals surface area contributed by atoms with Crippen LogP contribution in [0, 0.1) is 3.57 Å². The molecule has 1 fully saturated rings. The van der Waals surface area contributed by atoms with Crippen LogP contribution in [0.25, 0.3) is 0 Å². The zero-order chi connectivity index (χ0) is 23.1. The topological polar surface area (TPSA) is 110 Å². The van der Waals surface area contributed by atoms with Crippen LogP contribution in [0.15, 0.2) is 46.6 Å². The van der Waals surface area contributed by atoms with Crippen molar-refractivity contribution in [2.24, 2.45) is 10.2 Å². The molecule has 2 aromatic rings. The molecule has 2 N–H and O–H groups in total. The van der Waals surface area contributed by atoms with Crippen molar-refractivity contribution in [2.45, 2.75) is 25.2 Å². The minimum Gasteiger partial charge on any atom is -0.490 e. The van der Waals surface area contributed by atoms with Crippen LogP contribution in [-0.2, 0) is 16.2 Å². The number of rotatable bonds is 9. The monoisotopic (exact) mass is 587 g/mol. The van der Waals surface area contributed by atoms with E-state index in [0.717, 1.165) is 26.5 Å². The molecule has 11 heteroatoms. The lowest BCUT2D eigenvalue weighted by atomic mass is 10.2. The third-order valence-electron chi connectivity index (χ3n) is 4.15. The third kappa shape index (κ3) is 6.59. The number of nitrogens with zero attached hydrogens (tertiary/aromatic N) is 2. The van der Waals surface area contributed by atoms with Crippen LogP contribution >= 0.6 is 46.0 Å². The Morgan fingerprint density at radius 2 is 2.12 bits per heavy atom. The highest BCUT2D eigenvalue weighted by atomic mass is 127. The van der Waals surface area contributed by atoms with Crippen molar-refractivity contribution in [3.8, 4) is 11.5 Å². The molecule has 0 spiro atoms. The average molecular weight is 588 g/mol. The minimum absolute atomic E-state index is 0.261. The zero-order valence-electron chi connectivity index (χ0n) is 16.9. The summed E-state index contributed by atoms with van der Waals surface area (Å²) in [5.41, 5.74) is 1.59. The average Bonchev–Trinajstić information content (AvgIpc) is 3.07. The fraction of sp³-hybridized carbons (Fsp3) is 0.238. The molecule has 8 nitrogen and oxygen atoms in total. The molecule has 1 atom stereocenters. The summed E-state index contributed by atoms with van der Waals surface area (Å²) < 4.78 is 12.6. The fourth-order valence-electron chi connectivity index (χ4n) is 2.72. The van der Waals surface area contributed by atoms with Crippen LogP contribution in [0.1, 0.15) is 24.5 Å². The van der Waals surface area contributed by atoms with E-state index < -0.39 is 11.2 Å². The summed E-state index contributed by atoms with van der Waals surface area (Å²) in [6, 6.07) is 11.1. The highest BCUT2D eigenvalue weighted by Gasteiger charge is 2.32. The number of amidine groups is 1. The number of hydrogen-bond acceptors (Lipinski definition) is 7. The molecule has 1 aliphatic rings. The van der Waals surface area contributed by atoms with Crippen LogP contribution < -0.4 is 14.8 Å². The van der Waals surface area contributed by atoms with E-state index in [0.29, 0.717) is 29.7 Å². The van der Waals surface area contributed by atoms with E-state index in [4.69, 9.17) is 26.2 Å². The van der Waals surface area contributed by atoms with Gasteiger partial charge in [-0.2, -0.15) is 5.10 Å². The Hall–Kier alpha value is -2.31. The van der Waals surface area contributed by atoms with Crippen LogP contribution in [0.5, 0.6) is 11.5 Å². The maximum Gasteiger partial charge on any atom is 0.305 e. The minimum atomic E-state index is -1.04. The van der Waals surface area contributed by atoms with Gasteiger partial charge in [0.25, 0.3) is 0 Å². The van der Waals surface area contributed by atoms with Crippen LogP contribution in [-0.4, -0.2) is 40.2 Å². The van der Waals surface area contributed by atoms with Gasteiger partial charge in [-0.15, -0.1) is 5.10 Å². The Morgan fingerprint density at radius 3 is 2.84 bits per heavy atom. The van der Waals surface area contributed by atoms with E-state index in [2.05, 4.69) is 38.1 Å². The van der Waals surface area contributed by atoms with Gasteiger partial charge in [-0.25, -0.2) is 0 Å². The third-order valence-corrected chi connectivity index (χ3v) is 6.40. The molecule has 1 aliphatic heterocycles. The molecule has 3 rings (SSSR count). The highest BCUT2D eigenvalue weighted by Crippen LogP contribution is 2.35. The van der Waals surface area contributed by atoms with Crippen molar-refractivity contribution in [2.75, 3.05) is 6.61 Å². The number of hydrogen-bond donors (Lipinski definition) is 2. The molecule has 0 bridgehead atoms. The molecule has 1 amide bonds. The first kappa shape index (κ1) is 24.3. The molecule has 2 aromatic carbocycles. The van der Waals surface area contributed by atoms with Crippen molar-refractivity contribution in [3.05, 3.63) is 56.1 Å². The lowest BCUT2D eigenvalue weighted by Crippen LogP contribution is -2.26. The molecule has 1 saturated heterocycles. The quantitative estimate of drug-likeness (QED) is 0.257. The Balaban J connectivity index is 1.73. The first-order valence-corrected chi connectivity index (χ1v) is 11.8. The van der Waals surface area contributed by atoms with E-state index in [-0.39, 0.29) is 17.5 Å². The summed E-state index contributed by atoms with van der Waals surface area (Å²) in [4.78, 5) is 22.6. The number of nitrogens with one attached hydrogen (secondary N) is 1. The van der Waals surface area contributed by atoms with Crippen molar-refractivity contribution < 1.29 is 24.2 Å². The second-order valence-electron chi connectivity index (χ2n) is 6.49. The lowest BCUT2D eigenvalue weighted by molar-refractivity contribution is -0.138. The number of benzene rings is 2. The maximum absolute atomic E-state index is 11.8. The molecule has 1 unspecified atom stereocenters. The molecule has 0 saturated carbocycles. The Kier molecular flexibility index (Phi) is 8.76. The van der Waals surface area contributed by atoms with Crippen molar-refractivity contribution >= 4 is 69.2 Å². The van der Waals surface area contributed by atoms with Gasteiger partial charge in [-0.3, -0.25) is 9.59 Å². The van der Waals surface area contributed by atoms with Crippen LogP contribution in [0.3, 0.4) is 0 Å². The predicted octanol–water partition coefficient (Wildman–Crippen LogP) is 4.32. The summed E-state index contributed by atoms with van der Waals surface area (Å²) in [6.45, 7) is 2.63. The summed E-state index contributed by atoms with van der Waals surface area (Å²) in [6.07, 6.45) is 1.25. The number of halogens is 2. The first-order valence-electron chi connectivity index (χ1n) is 9.50. The molecular weight excluding hydrogens is 569 g/mol. The SMILES string of the molecule is CCOc1cc(/C=N/N=C2\NC(=O)C(CC(=O)O)S2)cc(I)c1OCc1ccccc1Cl. The molecule has 0 radical (unpaired) electrons. The smallest absolute Gasteiger partial charge is 0.305 e. The maximum atomic E-state index is 11.8. The van der Waals surface area contributed by atoms with Gasteiger partial charge in [0.05, 0.1) is 22.8 Å². The van der Waals surface area contributed by atoms with Gasteiger partial charge in [0, 0.05) is 10.6 Å². The highest BCUT2D eigenvalue weighted by molar-refractivity contribution is 14.1. The summed E-state index contributed by atoms with van der Waals surface area (Å²) in [7, 11) is 0. The van der Waals surface area contributed by atoms with Gasteiger partial charge >= 0.3 is 5.97 Å². The first-order chi connectivity index (χ1) is 15.4. The summed E-state index contributed by atoms with van der Waals surface area (Å²) in [5.74, 6) is -0.270. The largest absolute Gasteiger partial charge is 0.490 e. The van der Waals surface area contributed by atoms with Gasteiger partial charge in [-0.05, 0) is 53.3 Å². The van der Waals surface area contributed by atoms with Crippen molar-refractivity contribution in [1.82, 2.24) is 5.32 Å². The molecule has 32 heavy (non-hydrogen) atoms. The van der Waals surface area contributed by atoms with E-state index >= 15 is 0 Å². The molecule has 1 heterocycles. The zero-order valence-corrected chi connectivity index (χ0v) is 20.6. The number of ether oxygens (including phenoxy) is 2. The number of carbonyl (C=O) groups is 2. The van der Waals surface area contributed by atoms with E-state index in [1.807, 2.05) is 37.3 Å². The summed E-state index contributed by atoms with van der Waals surface area (Å²) >= 11 is 9.41. The lowest BCUT2D eigenvalue weighted by Gasteiger charge is -2.15. The van der Waals surface area contributed by atoms with Crippen LogP contribution in [0.4, 0.5) is 0 Å². The number of aliphatic carboxylic acids is 1. The second kappa shape index (κ2) is 11.5. The molecular formula is C21H19ClIN3O5S. The number of thioether (sulfide) groups is 1. The number of carboxylic acid groups (broad SMARTS) is 1. The predicted molar refractivity (Wildman–Crippen MR) is 133 cm³/mol. The van der Waals surface area contributed by atoms with Gasteiger partial charge in [-0.1, -0.05) is 41.6 Å². The van der Waals surface area contributed by atoms with Crippen molar-refractivity contribution in [1.29, 1.82) is 0 Å². The number of amides is 1. The van der Waals surface area contributed by atoms with Gasteiger partial charge in [0.1, 0.15) is 11.9 Å². The number of carbonyl (C=O) groups excluding carboxylic acids is 1. The van der Waals surface area contributed by atoms with Crippen LogP contribution in [0.2, 0.25) is 5.02 Å². The fourth-order valence-corrected chi connectivity index (χ4v) is 4.61. The Bertz CT molecular complexity index is 1080. The van der Waals surface area contributed by atoms with E-state index in [9.17, 15) is 9.59 Å². The second-order valence-corrected chi connectivity index (χ2v) is 9.25. The Labute approximate surface area is 207 Å². The molecule has 0 aliphatic carbocycles. The van der Waals surface area contributed by atoms with Gasteiger partial charge in [0.15, 0.2) is 16.7 Å². The molecule has 0 aromatic heterocycles. The van der Waals surface area contributed by atoms with Gasteiger partial charge in [0.2, 0.25) is 5.91 Å². The van der Waals surface area contributed by atoms with Crippen molar-refractivity contribution in [3.63, 3.8) is 0 Å². The standard InChI is InChI=1S/C21H19ClIN3O5S/c1-2-30-16-8-12(10-24-26-21-25-20(29)17(32-21)9-18(27)28)7-15(23)19(16)31-11-13-5-3-4-6-14(13)22/h3-8,10,17H,2,9,11H2,1H3,(H,27,28)(H,25,26,29)/b24-10+. The van der Waals surface area contributed by atoms with E-state index in [1.54, 1.807) is 6.07 Å². The molecule has 168 valence electrons. The normalized spacial score (nSPS) is 17.0. The summed E-state index contributed by atoms with van der Waals surface area (Å²) in [5, 5.41) is 19.5. The van der Waals surface area contributed by atoms with E-state index in [1.165, 1.54) is 6.21 Å². The van der Waals surface area contributed by atoms with Gasteiger partial charge < -0.3 is 19.9 Å².